The molecular weight excluding hydrogens is 396 g/mol. The third-order valence-electron chi connectivity index (χ3n) is 8.93. The number of benzene rings is 2. The third-order valence-corrected chi connectivity index (χ3v) is 8.93. The van der Waals surface area contributed by atoms with E-state index in [0.29, 0.717) is 24.8 Å². The molecule has 4 nitrogen and oxygen atoms in total. The second kappa shape index (κ2) is 6.69. The minimum Gasteiger partial charge on any atom is -0.488 e. The number of hydrogen-bond donors (Lipinski definition) is 2. The smallest absolute Gasteiger partial charge is 0.123 e. The van der Waals surface area contributed by atoms with Gasteiger partial charge in [0.05, 0.1) is 6.04 Å². The number of rotatable bonds is 5. The SMILES string of the molecule is CC1CC2=C(Cc3ccccc32)C(c2ccc(OC3CNC3)cc2)N1C12CC(CO)(C1)C2. The predicted octanol–water partition coefficient (Wildman–Crippen LogP) is 4.10. The van der Waals surface area contributed by atoms with E-state index in [4.69, 9.17) is 4.74 Å². The third kappa shape index (κ3) is 2.60. The summed E-state index contributed by atoms with van der Waals surface area (Å²) in [6.07, 6.45) is 5.97. The molecule has 2 bridgehead atoms. The summed E-state index contributed by atoms with van der Waals surface area (Å²) in [4.78, 5) is 2.85. The van der Waals surface area contributed by atoms with E-state index in [2.05, 4.69) is 65.7 Å². The fraction of sp³-hybridized carbons (Fsp3) is 0.500. The van der Waals surface area contributed by atoms with Gasteiger partial charge in [-0.3, -0.25) is 4.90 Å². The molecule has 2 N–H and O–H groups in total. The highest BCUT2D eigenvalue weighted by atomic mass is 16.5. The number of fused-ring (bicyclic) bond motifs is 2. The standard InChI is InChI=1S/C28H32N2O2/c1-18-10-24-23-5-3-2-4-20(23)11-25(24)26(30(18)28-14-27(15-28,16-28)17-31)19-6-8-21(9-7-19)32-22-12-29-13-22/h2-9,18,22,26,29,31H,10-17H2,1H3. The Balaban J connectivity index is 1.27. The molecule has 2 atom stereocenters. The molecule has 3 saturated carbocycles. The van der Waals surface area contributed by atoms with Gasteiger partial charge in [0.25, 0.3) is 0 Å². The second-order valence-electron chi connectivity index (χ2n) is 11.1. The molecule has 2 unspecified atom stereocenters. The lowest BCUT2D eigenvalue weighted by atomic mass is 9.38. The van der Waals surface area contributed by atoms with E-state index in [9.17, 15) is 5.11 Å². The molecule has 8 rings (SSSR count). The van der Waals surface area contributed by atoms with Crippen LogP contribution in [0.5, 0.6) is 5.75 Å². The predicted molar refractivity (Wildman–Crippen MR) is 126 cm³/mol. The fourth-order valence-corrected chi connectivity index (χ4v) is 7.52. The van der Waals surface area contributed by atoms with Crippen molar-refractivity contribution in [1.29, 1.82) is 0 Å². The molecule has 4 aliphatic carbocycles. The summed E-state index contributed by atoms with van der Waals surface area (Å²) in [7, 11) is 0. The molecule has 0 spiro atoms. The lowest BCUT2D eigenvalue weighted by Gasteiger charge is -2.76. The van der Waals surface area contributed by atoms with E-state index in [-0.39, 0.29) is 11.0 Å². The highest BCUT2D eigenvalue weighted by Crippen LogP contribution is 2.72. The van der Waals surface area contributed by atoms with Gasteiger partial charge in [-0.15, -0.1) is 0 Å². The van der Waals surface area contributed by atoms with Gasteiger partial charge < -0.3 is 15.2 Å². The van der Waals surface area contributed by atoms with Gasteiger partial charge in [-0.2, -0.15) is 0 Å². The molecule has 32 heavy (non-hydrogen) atoms. The zero-order valence-corrected chi connectivity index (χ0v) is 18.8. The van der Waals surface area contributed by atoms with Gasteiger partial charge in [-0.1, -0.05) is 36.4 Å². The first-order chi connectivity index (χ1) is 15.6. The fourth-order valence-electron chi connectivity index (χ4n) is 7.52. The first kappa shape index (κ1) is 19.3. The lowest BCUT2D eigenvalue weighted by Crippen LogP contribution is -2.77. The maximum atomic E-state index is 9.89. The van der Waals surface area contributed by atoms with Gasteiger partial charge in [0, 0.05) is 31.3 Å². The van der Waals surface area contributed by atoms with E-state index in [1.165, 1.54) is 16.7 Å². The Morgan fingerprint density at radius 3 is 2.50 bits per heavy atom. The lowest BCUT2D eigenvalue weighted by molar-refractivity contribution is -0.253. The molecule has 0 aromatic heterocycles. The molecule has 0 radical (unpaired) electrons. The van der Waals surface area contributed by atoms with Crippen molar-refractivity contribution in [2.75, 3.05) is 19.7 Å². The summed E-state index contributed by atoms with van der Waals surface area (Å²) in [5.74, 6) is 0.976. The molecule has 0 amide bonds. The molecule has 2 aromatic rings. The van der Waals surface area contributed by atoms with Crippen LogP contribution in [-0.4, -0.2) is 47.4 Å². The average Bonchev–Trinajstić information content (AvgIpc) is 3.08. The van der Waals surface area contributed by atoms with Crippen molar-refractivity contribution in [3.05, 3.63) is 70.8 Å². The highest BCUT2D eigenvalue weighted by Gasteiger charge is 2.71. The maximum Gasteiger partial charge on any atom is 0.123 e. The zero-order valence-electron chi connectivity index (χ0n) is 18.8. The van der Waals surface area contributed by atoms with Crippen LogP contribution in [-0.2, 0) is 6.42 Å². The molecule has 6 aliphatic rings. The summed E-state index contributed by atoms with van der Waals surface area (Å²) in [6, 6.07) is 18.8. The minimum absolute atomic E-state index is 0.214. The number of hydrogen-bond acceptors (Lipinski definition) is 4. The van der Waals surface area contributed by atoms with Gasteiger partial charge in [-0.05, 0) is 84.4 Å². The summed E-state index contributed by atoms with van der Waals surface area (Å²) in [5.41, 5.74) is 8.01. The van der Waals surface area contributed by atoms with Crippen LogP contribution >= 0.6 is 0 Å². The molecular formula is C28H32N2O2. The quantitative estimate of drug-likeness (QED) is 0.753. The van der Waals surface area contributed by atoms with Gasteiger partial charge in [0.2, 0.25) is 0 Å². The zero-order chi connectivity index (χ0) is 21.5. The van der Waals surface area contributed by atoms with Crippen LogP contribution in [0.4, 0.5) is 0 Å². The first-order valence-corrected chi connectivity index (χ1v) is 12.3. The molecule has 166 valence electrons. The summed E-state index contributed by atoms with van der Waals surface area (Å²) in [5, 5.41) is 13.2. The largest absolute Gasteiger partial charge is 0.488 e. The van der Waals surface area contributed by atoms with Crippen LogP contribution in [0.15, 0.2) is 54.1 Å². The van der Waals surface area contributed by atoms with Crippen LogP contribution in [0.1, 0.15) is 55.3 Å². The van der Waals surface area contributed by atoms with E-state index in [0.717, 1.165) is 50.9 Å². The molecule has 2 aliphatic heterocycles. The molecule has 1 saturated heterocycles. The maximum absolute atomic E-state index is 9.89. The normalized spacial score (nSPS) is 35.4. The Morgan fingerprint density at radius 2 is 1.81 bits per heavy atom. The van der Waals surface area contributed by atoms with Crippen LogP contribution < -0.4 is 10.1 Å². The van der Waals surface area contributed by atoms with Crippen molar-refractivity contribution < 1.29 is 9.84 Å². The highest BCUT2D eigenvalue weighted by molar-refractivity contribution is 5.79. The summed E-state index contributed by atoms with van der Waals surface area (Å²) >= 11 is 0. The van der Waals surface area contributed by atoms with E-state index in [1.807, 2.05) is 0 Å². The first-order valence-electron chi connectivity index (χ1n) is 12.3. The van der Waals surface area contributed by atoms with Crippen LogP contribution in [0.3, 0.4) is 0 Å². The van der Waals surface area contributed by atoms with Gasteiger partial charge in [-0.25, -0.2) is 0 Å². The Labute approximate surface area is 190 Å². The van der Waals surface area contributed by atoms with Crippen LogP contribution in [0, 0.1) is 5.41 Å². The average molecular weight is 429 g/mol. The second-order valence-corrected chi connectivity index (χ2v) is 11.1. The molecule has 2 aromatic carbocycles. The molecule has 2 heterocycles. The molecule has 4 fully saturated rings. The Morgan fingerprint density at radius 1 is 1.06 bits per heavy atom. The Kier molecular flexibility index (Phi) is 4.04. The van der Waals surface area contributed by atoms with Crippen molar-refractivity contribution in [3.8, 4) is 5.75 Å². The van der Waals surface area contributed by atoms with E-state index < -0.39 is 0 Å². The summed E-state index contributed by atoms with van der Waals surface area (Å²) < 4.78 is 6.10. The van der Waals surface area contributed by atoms with E-state index >= 15 is 0 Å². The van der Waals surface area contributed by atoms with Crippen molar-refractivity contribution >= 4 is 5.57 Å². The van der Waals surface area contributed by atoms with Gasteiger partial charge >= 0.3 is 0 Å². The Bertz CT molecular complexity index is 1080. The van der Waals surface area contributed by atoms with Crippen LogP contribution in [0.25, 0.3) is 5.57 Å². The van der Waals surface area contributed by atoms with Gasteiger partial charge in [0.1, 0.15) is 11.9 Å². The van der Waals surface area contributed by atoms with Crippen molar-refractivity contribution in [3.63, 3.8) is 0 Å². The van der Waals surface area contributed by atoms with E-state index in [1.54, 1.807) is 11.1 Å². The summed E-state index contributed by atoms with van der Waals surface area (Å²) in [6.45, 7) is 4.66. The van der Waals surface area contributed by atoms with Crippen molar-refractivity contribution in [1.82, 2.24) is 10.2 Å². The number of nitrogens with one attached hydrogen (secondary N) is 1. The van der Waals surface area contributed by atoms with Crippen molar-refractivity contribution in [2.45, 2.75) is 62.8 Å². The minimum atomic E-state index is 0.214. The van der Waals surface area contributed by atoms with Crippen LogP contribution in [0.2, 0.25) is 0 Å². The number of nitrogens with zero attached hydrogens (tertiary/aromatic N) is 1. The topological polar surface area (TPSA) is 44.7 Å². The van der Waals surface area contributed by atoms with Crippen molar-refractivity contribution in [2.24, 2.45) is 5.41 Å². The number of aliphatic hydroxyl groups is 1. The van der Waals surface area contributed by atoms with Gasteiger partial charge in [0.15, 0.2) is 0 Å². The number of aliphatic hydroxyl groups excluding tert-OH is 1. The number of ether oxygens (including phenoxy) is 1. The molecule has 4 heteroatoms. The Hall–Kier alpha value is -2.14. The monoisotopic (exact) mass is 428 g/mol.